The average molecular weight is 375 g/mol. The van der Waals surface area contributed by atoms with Gasteiger partial charge in [0.2, 0.25) is 0 Å². The van der Waals surface area contributed by atoms with Crippen LogP contribution >= 0.6 is 15.9 Å². The zero-order chi connectivity index (χ0) is 16.1. The predicted octanol–water partition coefficient (Wildman–Crippen LogP) is 3.99. The second-order valence-electron chi connectivity index (χ2n) is 6.51. The van der Waals surface area contributed by atoms with E-state index in [9.17, 15) is 9.59 Å². The van der Waals surface area contributed by atoms with Crippen LogP contribution in [0.25, 0.3) is 0 Å². The Morgan fingerprint density at radius 1 is 0.909 bits per heavy atom. The number of carbonyl (C=O) groups is 2. The van der Waals surface area contributed by atoms with Crippen LogP contribution in [0.4, 0.5) is 0 Å². The fourth-order valence-electron chi connectivity index (χ4n) is 3.49. The second-order valence-corrected chi connectivity index (χ2v) is 7.56. The summed E-state index contributed by atoms with van der Waals surface area (Å²) in [5.41, 5.74) is 0. The maximum Gasteiger partial charge on any atom is 0.306 e. The first-order chi connectivity index (χ1) is 10.6. The summed E-state index contributed by atoms with van der Waals surface area (Å²) < 4.78 is 11.1. The molecule has 2 fully saturated rings. The van der Waals surface area contributed by atoms with Crippen molar-refractivity contribution in [1.29, 1.82) is 0 Å². The third-order valence-corrected chi connectivity index (χ3v) is 6.07. The zero-order valence-electron chi connectivity index (χ0n) is 13.6. The molecule has 126 valence electrons. The van der Waals surface area contributed by atoms with E-state index in [-0.39, 0.29) is 29.0 Å². The molecule has 0 N–H and O–H groups in total. The number of hydrogen-bond acceptors (Lipinski definition) is 4. The molecule has 0 saturated heterocycles. The highest BCUT2D eigenvalue weighted by Gasteiger charge is 2.55. The fourth-order valence-corrected chi connectivity index (χ4v) is 4.42. The predicted molar refractivity (Wildman–Crippen MR) is 87.7 cm³/mol. The lowest BCUT2D eigenvalue weighted by molar-refractivity contribution is -0.162. The molecule has 4 nitrogen and oxygen atoms in total. The molecule has 2 aliphatic carbocycles. The van der Waals surface area contributed by atoms with Gasteiger partial charge in [0.1, 0.15) is 12.2 Å². The van der Waals surface area contributed by atoms with Crippen LogP contribution in [0.3, 0.4) is 0 Å². The van der Waals surface area contributed by atoms with Crippen LogP contribution in [0.2, 0.25) is 0 Å². The summed E-state index contributed by atoms with van der Waals surface area (Å²) in [6.07, 6.45) is 6.55. The van der Waals surface area contributed by atoms with Crippen molar-refractivity contribution in [2.45, 2.75) is 82.2 Å². The number of fused-ring (bicyclic) bond motifs is 1. The Kier molecular flexibility index (Phi) is 6.72. The van der Waals surface area contributed by atoms with Gasteiger partial charge in [-0.15, -0.1) is 0 Å². The van der Waals surface area contributed by atoms with Crippen LogP contribution in [0, 0.1) is 11.8 Å². The summed E-state index contributed by atoms with van der Waals surface area (Å²) >= 11 is 3.67. The molecule has 5 atom stereocenters. The Balaban J connectivity index is 1.75. The van der Waals surface area contributed by atoms with Gasteiger partial charge < -0.3 is 9.47 Å². The number of ether oxygens (including phenoxy) is 2. The lowest BCUT2D eigenvalue weighted by Gasteiger charge is -2.40. The summed E-state index contributed by atoms with van der Waals surface area (Å²) in [7, 11) is 0. The van der Waals surface area contributed by atoms with Crippen molar-refractivity contribution >= 4 is 27.9 Å². The summed E-state index contributed by atoms with van der Waals surface area (Å²) in [6, 6.07) is 0. The first-order valence-electron chi connectivity index (χ1n) is 8.59. The molecule has 0 spiro atoms. The average Bonchev–Trinajstić information content (AvgIpc) is 2.70. The van der Waals surface area contributed by atoms with Gasteiger partial charge in [-0.3, -0.25) is 9.59 Å². The zero-order valence-corrected chi connectivity index (χ0v) is 15.1. The number of rotatable bonds is 8. The van der Waals surface area contributed by atoms with Gasteiger partial charge in [0.05, 0.1) is 4.83 Å². The lowest BCUT2D eigenvalue weighted by atomic mass is 9.73. The van der Waals surface area contributed by atoms with Crippen LogP contribution in [0.15, 0.2) is 0 Å². The molecule has 5 heteroatoms. The van der Waals surface area contributed by atoms with E-state index in [2.05, 4.69) is 22.9 Å². The van der Waals surface area contributed by atoms with Gasteiger partial charge in [0.15, 0.2) is 0 Å². The largest absolute Gasteiger partial charge is 0.462 e. The van der Waals surface area contributed by atoms with Crippen LogP contribution < -0.4 is 0 Å². The molecule has 0 radical (unpaired) electrons. The Bertz CT molecular complexity index is 398. The van der Waals surface area contributed by atoms with Crippen LogP contribution in [-0.2, 0) is 19.1 Å². The van der Waals surface area contributed by atoms with Crippen molar-refractivity contribution in [2.75, 3.05) is 0 Å². The van der Waals surface area contributed by atoms with E-state index in [0.29, 0.717) is 24.7 Å². The summed E-state index contributed by atoms with van der Waals surface area (Å²) in [6.45, 7) is 4.09. The quantitative estimate of drug-likeness (QED) is 0.366. The lowest BCUT2D eigenvalue weighted by Crippen LogP contribution is -2.43. The summed E-state index contributed by atoms with van der Waals surface area (Å²) in [5.74, 6) is 0.618. The van der Waals surface area contributed by atoms with Crippen molar-refractivity contribution < 1.29 is 19.1 Å². The number of carbonyl (C=O) groups excluding carboxylic acids is 2. The molecule has 0 aromatic heterocycles. The minimum atomic E-state index is -0.119. The number of hydrogen-bond donors (Lipinski definition) is 0. The van der Waals surface area contributed by atoms with E-state index < -0.39 is 0 Å². The van der Waals surface area contributed by atoms with E-state index in [1.165, 1.54) is 0 Å². The van der Waals surface area contributed by atoms with Gasteiger partial charge in [-0.2, -0.15) is 0 Å². The molecule has 0 bridgehead atoms. The van der Waals surface area contributed by atoms with Gasteiger partial charge in [0, 0.05) is 18.8 Å². The minimum absolute atomic E-state index is 0.0223. The standard InChI is InChI=1S/C17H27BrO4/c1-3-5-6-8-16(20)21-13-10-12-11(13)9-14(17(12)18)22-15(19)7-4-2/h11-14,17H,3-10H2,1-2H3/t11-,12-,13+,14+,17+/m0/s1. The topological polar surface area (TPSA) is 52.6 Å². The summed E-state index contributed by atoms with van der Waals surface area (Å²) in [5, 5.41) is 0. The second kappa shape index (κ2) is 8.32. The van der Waals surface area contributed by atoms with Gasteiger partial charge >= 0.3 is 11.9 Å². The summed E-state index contributed by atoms with van der Waals surface area (Å²) in [4.78, 5) is 23.7. The van der Waals surface area contributed by atoms with Crippen molar-refractivity contribution in [1.82, 2.24) is 0 Å². The normalized spacial score (nSPS) is 33.0. The molecule has 0 heterocycles. The molecule has 0 aromatic carbocycles. The molecule has 0 aromatic rings. The molecule has 2 aliphatic rings. The maximum absolute atomic E-state index is 11.8. The first kappa shape index (κ1) is 17.8. The van der Waals surface area contributed by atoms with Gasteiger partial charge in [0.25, 0.3) is 0 Å². The first-order valence-corrected chi connectivity index (χ1v) is 9.51. The number of alkyl halides is 1. The van der Waals surface area contributed by atoms with Crippen molar-refractivity contribution in [3.05, 3.63) is 0 Å². The number of unbranched alkanes of at least 4 members (excludes halogenated alkanes) is 2. The van der Waals surface area contributed by atoms with Gasteiger partial charge in [-0.1, -0.05) is 42.6 Å². The highest BCUT2D eigenvalue weighted by molar-refractivity contribution is 9.09. The maximum atomic E-state index is 11.8. The Hall–Kier alpha value is -0.580. The molecule has 2 saturated carbocycles. The Morgan fingerprint density at radius 2 is 1.55 bits per heavy atom. The van der Waals surface area contributed by atoms with Crippen molar-refractivity contribution in [3.8, 4) is 0 Å². The van der Waals surface area contributed by atoms with E-state index in [1.807, 2.05) is 6.92 Å². The molecule has 0 unspecified atom stereocenters. The molecule has 22 heavy (non-hydrogen) atoms. The minimum Gasteiger partial charge on any atom is -0.462 e. The molecular weight excluding hydrogens is 348 g/mol. The van der Waals surface area contributed by atoms with E-state index in [4.69, 9.17) is 9.47 Å². The number of halogens is 1. The van der Waals surface area contributed by atoms with Crippen LogP contribution in [-0.4, -0.2) is 29.0 Å². The fraction of sp³-hybridized carbons (Fsp3) is 0.882. The monoisotopic (exact) mass is 374 g/mol. The number of esters is 2. The van der Waals surface area contributed by atoms with Gasteiger partial charge in [-0.25, -0.2) is 0 Å². The third kappa shape index (κ3) is 4.24. The van der Waals surface area contributed by atoms with Gasteiger partial charge in [-0.05, 0) is 31.6 Å². The van der Waals surface area contributed by atoms with E-state index in [0.717, 1.165) is 38.5 Å². The molecule has 0 amide bonds. The molecule has 2 rings (SSSR count). The highest BCUT2D eigenvalue weighted by atomic mass is 79.9. The van der Waals surface area contributed by atoms with E-state index in [1.54, 1.807) is 0 Å². The molecular formula is C17H27BrO4. The Morgan fingerprint density at radius 3 is 2.23 bits per heavy atom. The van der Waals surface area contributed by atoms with Crippen molar-refractivity contribution in [3.63, 3.8) is 0 Å². The SMILES string of the molecule is CCCCCC(=O)O[C@@H]1C[C@@H]2[C@@H](Br)[C@H](OC(=O)CCC)C[C@@H]21. The Labute approximate surface area is 141 Å². The van der Waals surface area contributed by atoms with Crippen LogP contribution in [0.1, 0.15) is 65.2 Å². The van der Waals surface area contributed by atoms with Crippen molar-refractivity contribution in [2.24, 2.45) is 11.8 Å². The molecule has 0 aliphatic heterocycles. The van der Waals surface area contributed by atoms with Crippen LogP contribution in [0.5, 0.6) is 0 Å². The highest BCUT2D eigenvalue weighted by Crippen LogP contribution is 2.52. The van der Waals surface area contributed by atoms with E-state index >= 15 is 0 Å². The third-order valence-electron chi connectivity index (χ3n) is 4.80. The smallest absolute Gasteiger partial charge is 0.306 e.